The van der Waals surface area contributed by atoms with Gasteiger partial charge in [-0.25, -0.2) is 0 Å². The van der Waals surface area contributed by atoms with Gasteiger partial charge in [0.05, 0.1) is 6.61 Å². The molecule has 1 nitrogen and oxygen atoms in total. The summed E-state index contributed by atoms with van der Waals surface area (Å²) in [6.07, 6.45) is 6.06. The Balaban J connectivity index is 4.03. The molecule has 14 heavy (non-hydrogen) atoms. The van der Waals surface area contributed by atoms with Gasteiger partial charge in [-0.05, 0) is 25.0 Å². The van der Waals surface area contributed by atoms with Gasteiger partial charge in [0, 0.05) is 12.0 Å². The summed E-state index contributed by atoms with van der Waals surface area (Å²) in [5, 5.41) is 0. The fourth-order valence-electron chi connectivity index (χ4n) is 1.97. The molecule has 0 saturated carbocycles. The van der Waals surface area contributed by atoms with Gasteiger partial charge in [-0.2, -0.15) is 12.6 Å². The molecular formula is C12H26OS. The lowest BCUT2D eigenvalue weighted by molar-refractivity contribution is 0.0454. The van der Waals surface area contributed by atoms with Crippen LogP contribution in [0.3, 0.4) is 0 Å². The Morgan fingerprint density at radius 1 is 1.00 bits per heavy atom. The Morgan fingerprint density at radius 2 is 1.57 bits per heavy atom. The molecule has 0 spiro atoms. The molecule has 0 fully saturated rings. The van der Waals surface area contributed by atoms with Crippen LogP contribution in [-0.4, -0.2) is 19.0 Å². The lowest BCUT2D eigenvalue weighted by Gasteiger charge is -2.31. The molecule has 0 aromatic heterocycles. The summed E-state index contributed by atoms with van der Waals surface area (Å²) in [5.74, 6) is 0.957. The lowest BCUT2D eigenvalue weighted by atomic mass is 9.82. The van der Waals surface area contributed by atoms with Crippen LogP contribution in [-0.2, 0) is 4.74 Å². The molecule has 0 bridgehead atoms. The molecule has 0 aromatic carbocycles. The van der Waals surface area contributed by atoms with E-state index >= 15 is 0 Å². The predicted molar refractivity (Wildman–Crippen MR) is 67.2 cm³/mol. The molecule has 0 rings (SSSR count). The summed E-state index contributed by atoms with van der Waals surface area (Å²) < 4.78 is 5.70. The van der Waals surface area contributed by atoms with Crippen LogP contribution < -0.4 is 0 Å². The average molecular weight is 218 g/mol. The van der Waals surface area contributed by atoms with Gasteiger partial charge in [0.25, 0.3) is 0 Å². The van der Waals surface area contributed by atoms with Crippen molar-refractivity contribution in [2.24, 2.45) is 5.41 Å². The average Bonchev–Trinajstić information content (AvgIpc) is 2.19. The van der Waals surface area contributed by atoms with Gasteiger partial charge in [0.2, 0.25) is 0 Å². The third-order valence-corrected chi connectivity index (χ3v) is 3.32. The van der Waals surface area contributed by atoms with Crippen LogP contribution in [0.4, 0.5) is 0 Å². The first-order valence-electron chi connectivity index (χ1n) is 5.93. The molecule has 0 aromatic rings. The molecule has 0 N–H and O–H groups in total. The van der Waals surface area contributed by atoms with Crippen molar-refractivity contribution in [1.29, 1.82) is 0 Å². The van der Waals surface area contributed by atoms with E-state index in [9.17, 15) is 0 Å². The van der Waals surface area contributed by atoms with Crippen molar-refractivity contribution in [2.45, 2.75) is 52.9 Å². The Hall–Kier alpha value is 0.310. The standard InChI is InChI=1S/C12H26OS/c1-4-7-12(11-14,8-5-2)10-13-9-6-3/h14H,4-11H2,1-3H3. The molecule has 2 heteroatoms. The van der Waals surface area contributed by atoms with Crippen LogP contribution >= 0.6 is 12.6 Å². The quantitative estimate of drug-likeness (QED) is 0.456. The minimum Gasteiger partial charge on any atom is -0.381 e. The van der Waals surface area contributed by atoms with Crippen LogP contribution in [0.15, 0.2) is 0 Å². The minimum atomic E-state index is 0.335. The van der Waals surface area contributed by atoms with E-state index < -0.39 is 0 Å². The fraction of sp³-hybridized carbons (Fsp3) is 1.00. The summed E-state index contributed by atoms with van der Waals surface area (Å²) in [6.45, 7) is 8.43. The molecule has 0 aliphatic heterocycles. The van der Waals surface area contributed by atoms with E-state index in [4.69, 9.17) is 4.74 Å². The zero-order valence-corrected chi connectivity index (χ0v) is 10.9. The number of hydrogen-bond acceptors (Lipinski definition) is 2. The third-order valence-electron chi connectivity index (χ3n) is 2.65. The predicted octanol–water partition coefficient (Wildman–Crippen LogP) is 3.93. The molecule has 0 heterocycles. The van der Waals surface area contributed by atoms with Crippen LogP contribution in [0.2, 0.25) is 0 Å². The van der Waals surface area contributed by atoms with Crippen molar-refractivity contribution in [3.8, 4) is 0 Å². The van der Waals surface area contributed by atoms with Gasteiger partial charge in [-0.1, -0.05) is 33.6 Å². The highest BCUT2D eigenvalue weighted by atomic mass is 32.1. The first-order chi connectivity index (χ1) is 6.74. The number of ether oxygens (including phenoxy) is 1. The zero-order valence-electron chi connectivity index (χ0n) is 10.0. The molecule has 0 radical (unpaired) electrons. The highest BCUT2D eigenvalue weighted by Gasteiger charge is 2.26. The smallest absolute Gasteiger partial charge is 0.0530 e. The van der Waals surface area contributed by atoms with E-state index in [2.05, 4.69) is 33.4 Å². The van der Waals surface area contributed by atoms with Gasteiger partial charge in [0.15, 0.2) is 0 Å². The monoisotopic (exact) mass is 218 g/mol. The molecule has 0 atom stereocenters. The Morgan fingerprint density at radius 3 is 1.93 bits per heavy atom. The van der Waals surface area contributed by atoms with Crippen LogP contribution in [0.5, 0.6) is 0 Å². The Kier molecular flexibility index (Phi) is 8.80. The topological polar surface area (TPSA) is 9.23 Å². The van der Waals surface area contributed by atoms with E-state index in [0.29, 0.717) is 5.41 Å². The summed E-state index contributed by atoms with van der Waals surface area (Å²) in [4.78, 5) is 0. The van der Waals surface area contributed by atoms with Crippen LogP contribution in [0, 0.1) is 5.41 Å². The van der Waals surface area contributed by atoms with Crippen molar-refractivity contribution < 1.29 is 4.74 Å². The van der Waals surface area contributed by atoms with E-state index in [1.54, 1.807) is 0 Å². The molecule has 86 valence electrons. The first-order valence-corrected chi connectivity index (χ1v) is 6.56. The van der Waals surface area contributed by atoms with Crippen molar-refractivity contribution in [1.82, 2.24) is 0 Å². The highest BCUT2D eigenvalue weighted by molar-refractivity contribution is 7.80. The van der Waals surface area contributed by atoms with Gasteiger partial charge in [-0.15, -0.1) is 0 Å². The number of rotatable bonds is 9. The highest BCUT2D eigenvalue weighted by Crippen LogP contribution is 2.31. The second-order valence-electron chi connectivity index (χ2n) is 4.21. The molecule has 0 saturated heterocycles. The molecule has 0 unspecified atom stereocenters. The van der Waals surface area contributed by atoms with Crippen molar-refractivity contribution in [3.05, 3.63) is 0 Å². The molecular weight excluding hydrogens is 192 g/mol. The molecule has 0 aliphatic rings. The fourth-order valence-corrected chi connectivity index (χ4v) is 2.37. The van der Waals surface area contributed by atoms with Gasteiger partial charge in [-0.3, -0.25) is 0 Å². The zero-order chi connectivity index (χ0) is 10.9. The maximum absolute atomic E-state index is 5.70. The normalized spacial score (nSPS) is 12.0. The Bertz CT molecular complexity index is 119. The van der Waals surface area contributed by atoms with E-state index in [0.717, 1.165) is 25.4 Å². The van der Waals surface area contributed by atoms with Gasteiger partial charge < -0.3 is 4.74 Å². The SMILES string of the molecule is CCCOCC(CS)(CCC)CCC. The lowest BCUT2D eigenvalue weighted by Crippen LogP contribution is -2.29. The summed E-state index contributed by atoms with van der Waals surface area (Å²) in [6, 6.07) is 0. The van der Waals surface area contributed by atoms with Crippen molar-refractivity contribution in [3.63, 3.8) is 0 Å². The summed E-state index contributed by atoms with van der Waals surface area (Å²) in [5.41, 5.74) is 0.335. The minimum absolute atomic E-state index is 0.335. The van der Waals surface area contributed by atoms with E-state index in [1.165, 1.54) is 25.7 Å². The van der Waals surface area contributed by atoms with E-state index in [1.807, 2.05) is 0 Å². The maximum Gasteiger partial charge on any atom is 0.0530 e. The van der Waals surface area contributed by atoms with Crippen LogP contribution in [0.25, 0.3) is 0 Å². The number of thiol groups is 1. The Labute approximate surface area is 95.0 Å². The first kappa shape index (κ1) is 14.3. The van der Waals surface area contributed by atoms with Crippen molar-refractivity contribution >= 4 is 12.6 Å². The third kappa shape index (κ3) is 5.26. The molecule has 0 amide bonds. The summed E-state index contributed by atoms with van der Waals surface area (Å²) in [7, 11) is 0. The van der Waals surface area contributed by atoms with Gasteiger partial charge in [0.1, 0.15) is 0 Å². The number of hydrogen-bond donors (Lipinski definition) is 1. The maximum atomic E-state index is 5.70. The van der Waals surface area contributed by atoms with Crippen LogP contribution in [0.1, 0.15) is 52.9 Å². The second kappa shape index (κ2) is 8.60. The van der Waals surface area contributed by atoms with Crippen molar-refractivity contribution in [2.75, 3.05) is 19.0 Å². The van der Waals surface area contributed by atoms with E-state index in [-0.39, 0.29) is 0 Å². The second-order valence-corrected chi connectivity index (χ2v) is 4.53. The molecule has 0 aliphatic carbocycles. The summed E-state index contributed by atoms with van der Waals surface area (Å²) >= 11 is 4.49. The van der Waals surface area contributed by atoms with Gasteiger partial charge >= 0.3 is 0 Å². The largest absolute Gasteiger partial charge is 0.381 e.